The van der Waals surface area contributed by atoms with E-state index in [0.29, 0.717) is 22.8 Å². The van der Waals surface area contributed by atoms with Crippen LogP contribution in [-0.2, 0) is 16.0 Å². The summed E-state index contributed by atoms with van der Waals surface area (Å²) in [6.45, 7) is 1.56. The van der Waals surface area contributed by atoms with Crippen molar-refractivity contribution in [3.05, 3.63) is 40.4 Å². The van der Waals surface area contributed by atoms with E-state index < -0.39 is 11.6 Å². The van der Waals surface area contributed by atoms with Gasteiger partial charge >= 0.3 is 5.97 Å². The number of ether oxygens (including phenoxy) is 1. The number of anilines is 2. The molecule has 0 unspecified atom stereocenters. The van der Waals surface area contributed by atoms with E-state index in [9.17, 15) is 13.6 Å². The molecule has 1 aromatic carbocycles. The molecule has 0 saturated heterocycles. The highest BCUT2D eigenvalue weighted by molar-refractivity contribution is 7.13. The highest BCUT2D eigenvalue weighted by Gasteiger charge is 2.13. The second kappa shape index (κ2) is 6.62. The van der Waals surface area contributed by atoms with Gasteiger partial charge in [-0.2, -0.15) is 0 Å². The molecule has 0 radical (unpaired) electrons. The number of hydrogen-bond donors (Lipinski definition) is 1. The molecule has 7 heteroatoms. The number of rotatable bonds is 5. The molecule has 21 heavy (non-hydrogen) atoms. The van der Waals surface area contributed by atoms with Gasteiger partial charge in [0.05, 0.1) is 19.2 Å². The van der Waals surface area contributed by atoms with Crippen LogP contribution >= 0.6 is 11.3 Å². The fourth-order valence-electron chi connectivity index (χ4n) is 1.69. The Labute approximate surface area is 124 Å². The van der Waals surface area contributed by atoms with Gasteiger partial charge in [0.1, 0.15) is 11.5 Å². The van der Waals surface area contributed by atoms with Crippen LogP contribution in [0.1, 0.15) is 17.7 Å². The zero-order valence-electron chi connectivity index (χ0n) is 11.6. The Morgan fingerprint density at radius 2 is 2.19 bits per heavy atom. The molecule has 1 heterocycles. The number of aryl methyl sites for hydroxylation is 2. The topological polar surface area (TPSA) is 51.2 Å². The molecule has 0 spiro atoms. The van der Waals surface area contributed by atoms with Crippen LogP contribution in [0.5, 0.6) is 0 Å². The quantitative estimate of drug-likeness (QED) is 0.857. The number of hydrogen-bond acceptors (Lipinski definition) is 5. The maximum atomic E-state index is 13.9. The number of carbonyl (C=O) groups is 1. The van der Waals surface area contributed by atoms with E-state index in [1.54, 1.807) is 12.3 Å². The van der Waals surface area contributed by atoms with Gasteiger partial charge in [0.25, 0.3) is 0 Å². The Hall–Kier alpha value is -2.02. The highest BCUT2D eigenvalue weighted by atomic mass is 32.1. The maximum absolute atomic E-state index is 13.9. The first kappa shape index (κ1) is 15.4. The summed E-state index contributed by atoms with van der Waals surface area (Å²) >= 11 is 1.22. The van der Waals surface area contributed by atoms with E-state index in [1.165, 1.54) is 30.6 Å². The first-order valence-corrected chi connectivity index (χ1v) is 7.12. The van der Waals surface area contributed by atoms with Gasteiger partial charge < -0.3 is 10.1 Å². The fraction of sp³-hybridized carbons (Fsp3) is 0.286. The van der Waals surface area contributed by atoms with Crippen LogP contribution in [0.25, 0.3) is 0 Å². The van der Waals surface area contributed by atoms with Crippen molar-refractivity contribution in [1.82, 2.24) is 4.98 Å². The molecule has 0 amide bonds. The van der Waals surface area contributed by atoms with Crippen molar-refractivity contribution in [3.63, 3.8) is 0 Å². The lowest BCUT2D eigenvalue weighted by Gasteiger charge is -2.07. The van der Waals surface area contributed by atoms with Gasteiger partial charge in [-0.25, -0.2) is 13.8 Å². The minimum absolute atomic E-state index is 0.215. The number of nitrogens with zero attached hydrogens (tertiary/aromatic N) is 1. The summed E-state index contributed by atoms with van der Waals surface area (Å²) < 4.78 is 32.0. The average molecular weight is 312 g/mol. The van der Waals surface area contributed by atoms with Gasteiger partial charge in [0.15, 0.2) is 10.9 Å². The monoisotopic (exact) mass is 312 g/mol. The van der Waals surface area contributed by atoms with Crippen molar-refractivity contribution in [2.45, 2.75) is 19.8 Å². The largest absolute Gasteiger partial charge is 0.469 e. The number of carbonyl (C=O) groups excluding carboxylic acids is 1. The van der Waals surface area contributed by atoms with Crippen molar-refractivity contribution in [2.75, 3.05) is 12.4 Å². The van der Waals surface area contributed by atoms with E-state index >= 15 is 0 Å². The van der Waals surface area contributed by atoms with E-state index in [0.717, 1.165) is 0 Å². The molecule has 0 aliphatic rings. The zero-order valence-corrected chi connectivity index (χ0v) is 12.4. The van der Waals surface area contributed by atoms with E-state index in [1.807, 2.05) is 0 Å². The minimum Gasteiger partial charge on any atom is -0.469 e. The van der Waals surface area contributed by atoms with Crippen LogP contribution < -0.4 is 5.32 Å². The van der Waals surface area contributed by atoms with Crippen LogP contribution in [0, 0.1) is 18.6 Å². The smallest absolute Gasteiger partial charge is 0.305 e. The van der Waals surface area contributed by atoms with Crippen LogP contribution in [0.15, 0.2) is 17.5 Å². The third-order valence-electron chi connectivity index (χ3n) is 2.88. The number of benzene rings is 1. The molecule has 0 aliphatic carbocycles. The standard InChI is InChI=1S/C14H14F2N2O2S/c1-8-3-5-10(15)13(12(8)16)18-14-17-9(7-21-14)4-6-11(19)20-2/h3,5,7H,4,6H2,1-2H3,(H,17,18). The molecular weight excluding hydrogens is 298 g/mol. The van der Waals surface area contributed by atoms with Crippen molar-refractivity contribution >= 4 is 28.1 Å². The molecule has 0 bridgehead atoms. The Balaban J connectivity index is 2.09. The van der Waals surface area contributed by atoms with Gasteiger partial charge in [-0.15, -0.1) is 11.3 Å². The molecule has 1 N–H and O–H groups in total. The molecule has 0 aliphatic heterocycles. The van der Waals surface area contributed by atoms with Crippen LogP contribution in [0.4, 0.5) is 19.6 Å². The van der Waals surface area contributed by atoms with Gasteiger partial charge in [-0.3, -0.25) is 4.79 Å². The Morgan fingerprint density at radius 3 is 2.90 bits per heavy atom. The van der Waals surface area contributed by atoms with Crippen molar-refractivity contribution in [2.24, 2.45) is 0 Å². The number of thiazole rings is 1. The summed E-state index contributed by atoms with van der Waals surface area (Å²) in [5.41, 5.74) is 0.798. The number of esters is 1. The molecular formula is C14H14F2N2O2S. The minimum atomic E-state index is -0.676. The SMILES string of the molecule is COC(=O)CCc1csc(Nc2c(F)ccc(C)c2F)n1. The molecule has 2 aromatic rings. The molecule has 2 rings (SSSR count). The average Bonchev–Trinajstić information content (AvgIpc) is 2.93. The Morgan fingerprint density at radius 1 is 1.43 bits per heavy atom. The lowest BCUT2D eigenvalue weighted by atomic mass is 10.2. The fourth-order valence-corrected chi connectivity index (χ4v) is 2.44. The lowest BCUT2D eigenvalue weighted by Crippen LogP contribution is -2.02. The highest BCUT2D eigenvalue weighted by Crippen LogP contribution is 2.27. The predicted molar refractivity (Wildman–Crippen MR) is 76.8 cm³/mol. The second-order valence-electron chi connectivity index (χ2n) is 4.40. The molecule has 0 fully saturated rings. The van der Waals surface area contributed by atoms with Gasteiger partial charge in [-0.05, 0) is 18.6 Å². The first-order chi connectivity index (χ1) is 10.0. The molecule has 112 valence electrons. The van der Waals surface area contributed by atoms with Crippen molar-refractivity contribution < 1.29 is 18.3 Å². The maximum Gasteiger partial charge on any atom is 0.305 e. The summed E-state index contributed by atoms with van der Waals surface area (Å²) in [4.78, 5) is 15.2. The van der Waals surface area contributed by atoms with E-state index in [-0.39, 0.29) is 18.1 Å². The number of halogens is 2. The molecule has 0 atom stereocenters. The first-order valence-electron chi connectivity index (χ1n) is 6.24. The van der Waals surface area contributed by atoms with Crippen LogP contribution in [0.3, 0.4) is 0 Å². The normalized spacial score (nSPS) is 10.5. The summed E-state index contributed by atoms with van der Waals surface area (Å²) in [5, 5.41) is 4.75. The summed E-state index contributed by atoms with van der Waals surface area (Å²) in [6, 6.07) is 2.58. The number of nitrogens with one attached hydrogen (secondary N) is 1. The number of aromatic nitrogens is 1. The summed E-state index contributed by atoms with van der Waals surface area (Å²) in [7, 11) is 1.32. The van der Waals surface area contributed by atoms with Gasteiger partial charge in [0.2, 0.25) is 0 Å². The third-order valence-corrected chi connectivity index (χ3v) is 3.69. The van der Waals surface area contributed by atoms with Gasteiger partial charge in [-0.1, -0.05) is 6.07 Å². The van der Waals surface area contributed by atoms with Crippen LogP contribution in [0.2, 0.25) is 0 Å². The Kier molecular flexibility index (Phi) is 4.85. The van der Waals surface area contributed by atoms with Crippen LogP contribution in [-0.4, -0.2) is 18.1 Å². The molecule has 0 saturated carbocycles. The molecule has 1 aromatic heterocycles. The summed E-state index contributed by atoms with van der Waals surface area (Å²) in [6.07, 6.45) is 0.635. The van der Waals surface area contributed by atoms with E-state index in [4.69, 9.17) is 0 Å². The zero-order chi connectivity index (χ0) is 15.4. The van der Waals surface area contributed by atoms with Crippen molar-refractivity contribution in [1.29, 1.82) is 0 Å². The lowest BCUT2D eigenvalue weighted by molar-refractivity contribution is -0.140. The number of methoxy groups -OCH3 is 1. The molecule has 4 nitrogen and oxygen atoms in total. The third kappa shape index (κ3) is 3.75. The predicted octanol–water partition coefficient (Wildman–Crippen LogP) is 3.58. The Bertz CT molecular complexity index is 658. The van der Waals surface area contributed by atoms with Crippen molar-refractivity contribution in [3.8, 4) is 0 Å². The van der Waals surface area contributed by atoms with Gasteiger partial charge in [0, 0.05) is 11.8 Å². The second-order valence-corrected chi connectivity index (χ2v) is 5.26. The van der Waals surface area contributed by atoms with E-state index in [2.05, 4.69) is 15.0 Å². The summed E-state index contributed by atoms with van der Waals surface area (Å²) in [5.74, 6) is -1.64.